The van der Waals surface area contributed by atoms with Crippen LogP contribution in [0.1, 0.15) is 0 Å². The lowest BCUT2D eigenvalue weighted by atomic mass is 9.75. The lowest BCUT2D eigenvalue weighted by molar-refractivity contribution is -0.00183. The average molecular weight is 123 g/mol. The molecule has 0 radical (unpaired) electrons. The highest BCUT2D eigenvalue weighted by molar-refractivity contribution is 5.07. The maximum atomic E-state index is 8.39. The predicted octanol–water partition coefficient (Wildman–Crippen LogP) is -0.627. The van der Waals surface area contributed by atoms with E-state index in [0.717, 1.165) is 26.2 Å². The van der Waals surface area contributed by atoms with Crippen LogP contribution < -0.4 is 5.32 Å². The Bertz CT molecular complexity index is 158. The van der Waals surface area contributed by atoms with Crippen LogP contribution in [0.3, 0.4) is 0 Å². The van der Waals surface area contributed by atoms with Crippen LogP contribution in [0.2, 0.25) is 0 Å². The van der Waals surface area contributed by atoms with E-state index in [2.05, 4.69) is 11.5 Å². The highest BCUT2D eigenvalue weighted by Gasteiger charge is 2.47. The Labute approximate surface area is 54.3 Å². The average Bonchev–Trinajstić information content (AvgIpc) is 1.59. The molecule has 0 aromatic rings. The van der Waals surface area contributed by atoms with E-state index < -0.39 is 0 Å². The third-order valence-corrected chi connectivity index (χ3v) is 2.19. The fourth-order valence-electron chi connectivity index (χ4n) is 1.54. The van der Waals surface area contributed by atoms with Crippen LogP contribution in [0.4, 0.5) is 0 Å². The van der Waals surface area contributed by atoms with Crippen molar-refractivity contribution in [2.24, 2.45) is 5.41 Å². The zero-order chi connectivity index (χ0) is 6.32. The molecule has 2 fully saturated rings. The van der Waals surface area contributed by atoms with Crippen LogP contribution >= 0.6 is 0 Å². The van der Waals surface area contributed by atoms with Gasteiger partial charge in [-0.05, 0) is 0 Å². The summed E-state index contributed by atoms with van der Waals surface area (Å²) < 4.78 is 0. The molecule has 2 aliphatic rings. The second kappa shape index (κ2) is 1.39. The van der Waals surface area contributed by atoms with Gasteiger partial charge in [0.25, 0.3) is 0 Å². The van der Waals surface area contributed by atoms with Gasteiger partial charge in [-0.25, -0.2) is 0 Å². The Kier molecular flexibility index (Phi) is 0.785. The quantitative estimate of drug-likeness (QED) is 0.436. The first-order valence-electron chi connectivity index (χ1n) is 3.20. The normalized spacial score (nSPS) is 28.6. The summed E-state index contributed by atoms with van der Waals surface area (Å²) in [5.41, 5.74) is 0.510. The first kappa shape index (κ1) is 5.07. The SMILES string of the molecule is N#CN1CC2(CNC2)C1. The van der Waals surface area contributed by atoms with Gasteiger partial charge in [-0.3, -0.25) is 0 Å². The molecule has 2 aliphatic heterocycles. The molecule has 0 aromatic carbocycles. The van der Waals surface area contributed by atoms with E-state index in [4.69, 9.17) is 5.26 Å². The Morgan fingerprint density at radius 2 is 2.11 bits per heavy atom. The maximum absolute atomic E-state index is 8.39. The van der Waals surface area contributed by atoms with Gasteiger partial charge in [0.2, 0.25) is 0 Å². The van der Waals surface area contributed by atoms with Crippen LogP contribution in [0, 0.1) is 16.9 Å². The number of rotatable bonds is 0. The van der Waals surface area contributed by atoms with Gasteiger partial charge in [0, 0.05) is 31.6 Å². The van der Waals surface area contributed by atoms with Gasteiger partial charge >= 0.3 is 0 Å². The topological polar surface area (TPSA) is 39.1 Å². The van der Waals surface area contributed by atoms with Gasteiger partial charge in [-0.1, -0.05) is 0 Å². The van der Waals surface area contributed by atoms with Gasteiger partial charge in [0.15, 0.2) is 6.19 Å². The van der Waals surface area contributed by atoms with Crippen molar-refractivity contribution in [1.29, 1.82) is 5.26 Å². The van der Waals surface area contributed by atoms with Crippen molar-refractivity contribution < 1.29 is 0 Å². The van der Waals surface area contributed by atoms with Crippen molar-refractivity contribution in [3.05, 3.63) is 0 Å². The molecule has 3 nitrogen and oxygen atoms in total. The van der Waals surface area contributed by atoms with Crippen LogP contribution in [-0.2, 0) is 0 Å². The van der Waals surface area contributed by atoms with E-state index in [0.29, 0.717) is 5.41 Å². The van der Waals surface area contributed by atoms with Crippen molar-refractivity contribution >= 4 is 0 Å². The minimum atomic E-state index is 0.510. The van der Waals surface area contributed by atoms with Gasteiger partial charge in [0.05, 0.1) is 0 Å². The number of likely N-dealkylation sites (tertiary alicyclic amines) is 1. The first-order chi connectivity index (χ1) is 4.35. The molecule has 0 aromatic heterocycles. The third-order valence-electron chi connectivity index (χ3n) is 2.19. The Morgan fingerprint density at radius 3 is 2.44 bits per heavy atom. The molecular formula is C6H9N3. The first-order valence-corrected chi connectivity index (χ1v) is 3.20. The molecule has 0 saturated carbocycles. The fourth-order valence-corrected chi connectivity index (χ4v) is 1.54. The predicted molar refractivity (Wildman–Crippen MR) is 32.5 cm³/mol. The molecule has 3 heteroatoms. The van der Waals surface area contributed by atoms with E-state index in [1.165, 1.54) is 0 Å². The minimum Gasteiger partial charge on any atom is -0.315 e. The van der Waals surface area contributed by atoms with E-state index in [1.54, 1.807) is 4.90 Å². The van der Waals surface area contributed by atoms with Crippen LogP contribution in [0.15, 0.2) is 0 Å². The minimum absolute atomic E-state index is 0.510. The van der Waals surface area contributed by atoms with E-state index in [9.17, 15) is 0 Å². The number of hydrogen-bond donors (Lipinski definition) is 1. The lowest BCUT2D eigenvalue weighted by Gasteiger charge is -2.53. The summed E-state index contributed by atoms with van der Waals surface area (Å²) in [7, 11) is 0. The molecule has 0 bridgehead atoms. The summed E-state index contributed by atoms with van der Waals surface area (Å²) in [6, 6.07) is 0. The van der Waals surface area contributed by atoms with Gasteiger partial charge in [-0.2, -0.15) is 5.26 Å². The molecule has 48 valence electrons. The summed E-state index contributed by atoms with van der Waals surface area (Å²) in [6.07, 6.45) is 2.13. The van der Waals surface area contributed by atoms with Gasteiger partial charge < -0.3 is 10.2 Å². The van der Waals surface area contributed by atoms with Gasteiger partial charge in [-0.15, -0.1) is 0 Å². The molecule has 9 heavy (non-hydrogen) atoms. The van der Waals surface area contributed by atoms with Gasteiger partial charge in [0.1, 0.15) is 0 Å². The highest BCUT2D eigenvalue weighted by atomic mass is 15.2. The van der Waals surface area contributed by atoms with E-state index >= 15 is 0 Å². The number of nitriles is 1. The van der Waals surface area contributed by atoms with Crippen LogP contribution in [0.5, 0.6) is 0 Å². The summed E-state index contributed by atoms with van der Waals surface area (Å²) in [4.78, 5) is 1.81. The summed E-state index contributed by atoms with van der Waals surface area (Å²) in [5, 5.41) is 11.6. The zero-order valence-electron chi connectivity index (χ0n) is 5.22. The molecule has 0 aliphatic carbocycles. The summed E-state index contributed by atoms with van der Waals surface area (Å²) >= 11 is 0. The molecule has 2 rings (SSSR count). The second-order valence-electron chi connectivity index (χ2n) is 3.06. The van der Waals surface area contributed by atoms with Crippen molar-refractivity contribution in [3.63, 3.8) is 0 Å². The Morgan fingerprint density at radius 1 is 1.44 bits per heavy atom. The largest absolute Gasteiger partial charge is 0.315 e. The summed E-state index contributed by atoms with van der Waals surface area (Å²) in [5.74, 6) is 0. The second-order valence-corrected chi connectivity index (χ2v) is 3.06. The lowest BCUT2D eigenvalue weighted by Crippen LogP contribution is -2.69. The molecular weight excluding hydrogens is 114 g/mol. The van der Waals surface area contributed by atoms with Crippen molar-refractivity contribution in [2.75, 3.05) is 26.2 Å². The fraction of sp³-hybridized carbons (Fsp3) is 0.833. The molecule has 2 saturated heterocycles. The number of hydrogen-bond acceptors (Lipinski definition) is 3. The molecule has 1 N–H and O–H groups in total. The standard InChI is InChI=1S/C6H9N3/c7-5-9-3-6(4-9)1-8-2-6/h8H,1-4H2. The zero-order valence-corrected chi connectivity index (χ0v) is 5.22. The van der Waals surface area contributed by atoms with E-state index in [1.807, 2.05) is 0 Å². The molecule has 0 unspecified atom stereocenters. The smallest absolute Gasteiger partial charge is 0.179 e. The maximum Gasteiger partial charge on any atom is 0.179 e. The van der Waals surface area contributed by atoms with E-state index in [-0.39, 0.29) is 0 Å². The number of nitrogens with one attached hydrogen (secondary N) is 1. The van der Waals surface area contributed by atoms with Crippen molar-refractivity contribution in [2.45, 2.75) is 0 Å². The Hall–Kier alpha value is -0.750. The summed E-state index contributed by atoms with van der Waals surface area (Å²) in [6.45, 7) is 4.20. The third kappa shape index (κ3) is 0.539. The monoisotopic (exact) mass is 123 g/mol. The van der Waals surface area contributed by atoms with Crippen molar-refractivity contribution in [3.8, 4) is 6.19 Å². The molecule has 0 amide bonds. The molecule has 0 atom stereocenters. The molecule has 2 heterocycles. The Balaban J connectivity index is 1.91. The molecule has 1 spiro atoms. The van der Waals surface area contributed by atoms with Crippen LogP contribution in [-0.4, -0.2) is 31.1 Å². The number of nitrogens with zero attached hydrogens (tertiary/aromatic N) is 2. The van der Waals surface area contributed by atoms with Crippen molar-refractivity contribution in [1.82, 2.24) is 10.2 Å². The highest BCUT2D eigenvalue weighted by Crippen LogP contribution is 2.32. The van der Waals surface area contributed by atoms with Crippen LogP contribution in [0.25, 0.3) is 0 Å².